The normalized spacial score (nSPS) is 17.8. The second-order valence-corrected chi connectivity index (χ2v) is 6.45. The Labute approximate surface area is 123 Å². The van der Waals surface area contributed by atoms with E-state index in [1.54, 1.807) is 17.8 Å². The lowest BCUT2D eigenvalue weighted by atomic mass is 9.95. The van der Waals surface area contributed by atoms with Crippen molar-refractivity contribution in [3.05, 3.63) is 35.1 Å². The van der Waals surface area contributed by atoms with E-state index in [2.05, 4.69) is 5.32 Å². The van der Waals surface area contributed by atoms with Gasteiger partial charge >= 0.3 is 0 Å². The van der Waals surface area contributed by atoms with Crippen molar-refractivity contribution in [2.75, 3.05) is 18.1 Å². The predicted molar refractivity (Wildman–Crippen MR) is 79.4 cm³/mol. The van der Waals surface area contributed by atoms with Gasteiger partial charge in [-0.3, -0.25) is 4.79 Å². The van der Waals surface area contributed by atoms with Gasteiger partial charge in [0.25, 0.3) is 5.91 Å². The van der Waals surface area contributed by atoms with Gasteiger partial charge in [0.2, 0.25) is 0 Å². The van der Waals surface area contributed by atoms with E-state index in [-0.39, 0.29) is 11.7 Å². The van der Waals surface area contributed by atoms with Crippen LogP contribution in [0, 0.1) is 12.7 Å². The molecule has 5 heteroatoms. The summed E-state index contributed by atoms with van der Waals surface area (Å²) < 4.78 is 13.0. The van der Waals surface area contributed by atoms with Gasteiger partial charge in [-0.2, -0.15) is 11.8 Å². The number of aliphatic hydroxyl groups is 1. The van der Waals surface area contributed by atoms with Crippen LogP contribution < -0.4 is 5.32 Å². The average Bonchev–Trinajstić information content (AvgIpc) is 2.42. The van der Waals surface area contributed by atoms with Gasteiger partial charge < -0.3 is 10.4 Å². The van der Waals surface area contributed by atoms with Crippen molar-refractivity contribution in [1.82, 2.24) is 5.32 Å². The summed E-state index contributed by atoms with van der Waals surface area (Å²) in [6.07, 6.45) is 1.67. The quantitative estimate of drug-likeness (QED) is 0.894. The number of hydrogen-bond donors (Lipinski definition) is 2. The largest absolute Gasteiger partial charge is 0.380 e. The van der Waals surface area contributed by atoms with Crippen molar-refractivity contribution >= 4 is 17.7 Å². The molecule has 1 heterocycles. The topological polar surface area (TPSA) is 49.3 Å². The number of hydrogen-bond acceptors (Lipinski definition) is 3. The van der Waals surface area contributed by atoms with E-state index >= 15 is 0 Å². The molecule has 1 aliphatic rings. The molecule has 0 aliphatic carbocycles. The minimum atomic E-state index is -1.21. The van der Waals surface area contributed by atoms with Gasteiger partial charge in [0.15, 0.2) is 0 Å². The third-order valence-corrected chi connectivity index (χ3v) is 4.71. The third-order valence-electron chi connectivity index (χ3n) is 3.73. The first kappa shape index (κ1) is 15.3. The van der Waals surface area contributed by atoms with Gasteiger partial charge in [-0.05, 0) is 61.0 Å². The molecule has 1 aliphatic heterocycles. The summed E-state index contributed by atoms with van der Waals surface area (Å²) in [4.78, 5) is 12.0. The number of benzene rings is 1. The average molecular weight is 297 g/mol. The number of rotatable bonds is 4. The first-order valence-electron chi connectivity index (χ1n) is 6.85. The van der Waals surface area contributed by atoms with Crippen LogP contribution in [0.4, 0.5) is 4.39 Å². The SMILES string of the molecule is Cc1cc(F)ccc1CCNC(=O)C1(O)CCSCC1. The van der Waals surface area contributed by atoms with Gasteiger partial charge in [-0.15, -0.1) is 0 Å². The Hall–Kier alpha value is -1.07. The zero-order valence-corrected chi connectivity index (χ0v) is 12.4. The van der Waals surface area contributed by atoms with Crippen LogP contribution in [0.5, 0.6) is 0 Å². The molecule has 3 nitrogen and oxygen atoms in total. The Balaban J connectivity index is 1.84. The van der Waals surface area contributed by atoms with Gasteiger partial charge in [-0.25, -0.2) is 4.39 Å². The van der Waals surface area contributed by atoms with Crippen LogP contribution in [-0.2, 0) is 11.2 Å². The number of carbonyl (C=O) groups is 1. The minimum absolute atomic E-state index is 0.246. The van der Waals surface area contributed by atoms with Crippen molar-refractivity contribution in [3.8, 4) is 0 Å². The lowest BCUT2D eigenvalue weighted by molar-refractivity contribution is -0.140. The lowest BCUT2D eigenvalue weighted by Gasteiger charge is -2.30. The minimum Gasteiger partial charge on any atom is -0.380 e. The van der Waals surface area contributed by atoms with E-state index in [0.29, 0.717) is 25.8 Å². The van der Waals surface area contributed by atoms with Gasteiger partial charge in [0.1, 0.15) is 11.4 Å². The van der Waals surface area contributed by atoms with Crippen LogP contribution in [0.25, 0.3) is 0 Å². The molecule has 1 saturated heterocycles. The van der Waals surface area contributed by atoms with E-state index in [9.17, 15) is 14.3 Å². The monoisotopic (exact) mass is 297 g/mol. The molecular formula is C15H20FNO2S. The zero-order chi connectivity index (χ0) is 14.6. The number of halogens is 1. The Morgan fingerprint density at radius 3 is 2.80 bits per heavy atom. The molecule has 0 aromatic heterocycles. The molecule has 0 atom stereocenters. The van der Waals surface area contributed by atoms with E-state index in [1.165, 1.54) is 12.1 Å². The van der Waals surface area contributed by atoms with Gasteiger partial charge in [0, 0.05) is 6.54 Å². The molecule has 0 unspecified atom stereocenters. The highest BCUT2D eigenvalue weighted by Gasteiger charge is 2.36. The second kappa shape index (κ2) is 6.59. The number of aryl methyl sites for hydroxylation is 1. The number of carbonyl (C=O) groups excluding carboxylic acids is 1. The van der Waals surface area contributed by atoms with Crippen molar-refractivity contribution in [2.24, 2.45) is 0 Å². The fourth-order valence-corrected chi connectivity index (χ4v) is 3.52. The molecule has 0 bridgehead atoms. The summed E-state index contributed by atoms with van der Waals surface area (Å²) in [7, 11) is 0. The summed E-state index contributed by atoms with van der Waals surface area (Å²) in [5.41, 5.74) is 0.688. The molecule has 2 rings (SSSR count). The lowest BCUT2D eigenvalue weighted by Crippen LogP contribution is -2.49. The first-order chi connectivity index (χ1) is 9.51. The highest BCUT2D eigenvalue weighted by Crippen LogP contribution is 2.26. The number of amides is 1. The fourth-order valence-electron chi connectivity index (χ4n) is 2.35. The van der Waals surface area contributed by atoms with Gasteiger partial charge in [0.05, 0.1) is 0 Å². The van der Waals surface area contributed by atoms with E-state index < -0.39 is 5.60 Å². The van der Waals surface area contributed by atoms with Crippen LogP contribution in [0.1, 0.15) is 24.0 Å². The van der Waals surface area contributed by atoms with Crippen molar-refractivity contribution in [1.29, 1.82) is 0 Å². The second-order valence-electron chi connectivity index (χ2n) is 5.22. The molecule has 0 radical (unpaired) electrons. The Morgan fingerprint density at radius 2 is 2.15 bits per heavy atom. The molecule has 110 valence electrons. The predicted octanol–water partition coefficient (Wildman–Crippen LogP) is 2.05. The molecule has 0 saturated carbocycles. The van der Waals surface area contributed by atoms with Crippen LogP contribution in [-0.4, -0.2) is 34.7 Å². The summed E-state index contributed by atoms with van der Waals surface area (Å²) in [6.45, 7) is 2.31. The molecule has 1 fully saturated rings. The zero-order valence-electron chi connectivity index (χ0n) is 11.6. The van der Waals surface area contributed by atoms with E-state index in [1.807, 2.05) is 6.92 Å². The number of thioether (sulfide) groups is 1. The van der Waals surface area contributed by atoms with Crippen LogP contribution in [0.3, 0.4) is 0 Å². The maximum absolute atomic E-state index is 13.0. The van der Waals surface area contributed by atoms with Gasteiger partial charge in [-0.1, -0.05) is 6.07 Å². The van der Waals surface area contributed by atoms with E-state index in [0.717, 1.165) is 22.6 Å². The summed E-state index contributed by atoms with van der Waals surface area (Å²) >= 11 is 1.76. The Bertz CT molecular complexity index is 487. The fraction of sp³-hybridized carbons (Fsp3) is 0.533. The molecule has 0 spiro atoms. The highest BCUT2D eigenvalue weighted by atomic mass is 32.2. The van der Waals surface area contributed by atoms with Crippen LogP contribution in [0.2, 0.25) is 0 Å². The van der Waals surface area contributed by atoms with Crippen LogP contribution in [0.15, 0.2) is 18.2 Å². The Morgan fingerprint density at radius 1 is 1.45 bits per heavy atom. The Kier molecular flexibility index (Phi) is 5.05. The standard InChI is InChI=1S/C15H20FNO2S/c1-11-10-13(16)3-2-12(11)4-7-17-14(18)15(19)5-8-20-9-6-15/h2-3,10,19H,4-9H2,1H3,(H,17,18). The molecule has 2 N–H and O–H groups in total. The first-order valence-corrected chi connectivity index (χ1v) is 8.00. The molecule has 1 aromatic carbocycles. The number of nitrogens with one attached hydrogen (secondary N) is 1. The molecule has 1 amide bonds. The maximum Gasteiger partial charge on any atom is 0.252 e. The summed E-state index contributed by atoms with van der Waals surface area (Å²) in [5.74, 6) is 1.11. The van der Waals surface area contributed by atoms with Crippen LogP contribution >= 0.6 is 11.8 Å². The molecule has 1 aromatic rings. The molecule has 20 heavy (non-hydrogen) atoms. The highest BCUT2D eigenvalue weighted by molar-refractivity contribution is 7.99. The summed E-state index contributed by atoms with van der Waals surface area (Å²) in [6, 6.07) is 4.65. The maximum atomic E-state index is 13.0. The van der Waals surface area contributed by atoms with E-state index in [4.69, 9.17) is 0 Å². The summed E-state index contributed by atoms with van der Waals surface area (Å²) in [5, 5.41) is 13.0. The van der Waals surface area contributed by atoms with Crippen molar-refractivity contribution in [2.45, 2.75) is 31.8 Å². The third kappa shape index (κ3) is 3.73. The van der Waals surface area contributed by atoms with Crippen molar-refractivity contribution < 1.29 is 14.3 Å². The molecular weight excluding hydrogens is 277 g/mol. The smallest absolute Gasteiger partial charge is 0.252 e. The van der Waals surface area contributed by atoms with Crippen molar-refractivity contribution in [3.63, 3.8) is 0 Å².